The highest BCUT2D eigenvalue weighted by Crippen LogP contribution is 2.34. The quantitative estimate of drug-likeness (QED) is 0.541. The van der Waals surface area contributed by atoms with Crippen LogP contribution in [0.5, 0.6) is 0 Å². The van der Waals surface area contributed by atoms with Gasteiger partial charge in [-0.05, 0) is 6.07 Å². The molecule has 0 aliphatic carbocycles. The molecule has 28 heavy (non-hydrogen) atoms. The van der Waals surface area contributed by atoms with Crippen LogP contribution in [0, 0.1) is 0 Å². The van der Waals surface area contributed by atoms with Crippen LogP contribution in [-0.2, 0) is 20.8 Å². The summed E-state index contributed by atoms with van der Waals surface area (Å²) in [6.45, 7) is 0. The van der Waals surface area contributed by atoms with E-state index in [1.807, 2.05) is 48.5 Å². The predicted octanol–water partition coefficient (Wildman–Crippen LogP) is 3.20. The van der Waals surface area contributed by atoms with E-state index in [4.69, 9.17) is 19.8 Å². The minimum atomic E-state index is -1.32. The molecule has 7 heteroatoms. The first-order valence-corrected chi connectivity index (χ1v) is 8.81. The van der Waals surface area contributed by atoms with Crippen molar-refractivity contribution >= 4 is 17.4 Å². The Morgan fingerprint density at radius 2 is 1.93 bits per heavy atom. The third-order valence-corrected chi connectivity index (χ3v) is 4.70. The van der Waals surface area contributed by atoms with Crippen molar-refractivity contribution in [2.75, 3.05) is 12.8 Å². The third-order valence-electron chi connectivity index (χ3n) is 4.70. The van der Waals surface area contributed by atoms with Gasteiger partial charge in [-0.3, -0.25) is 0 Å². The number of para-hydroxylation sites is 1. The summed E-state index contributed by atoms with van der Waals surface area (Å²) in [6.07, 6.45) is 0.356. The lowest BCUT2D eigenvalue weighted by atomic mass is 9.89. The average molecular weight is 377 g/mol. The summed E-state index contributed by atoms with van der Waals surface area (Å²) in [5.41, 5.74) is 8.21. The van der Waals surface area contributed by atoms with Crippen molar-refractivity contribution in [3.63, 3.8) is 0 Å². The Balaban J connectivity index is 1.60. The maximum absolute atomic E-state index is 12.6. The molecule has 7 nitrogen and oxygen atoms in total. The van der Waals surface area contributed by atoms with Crippen LogP contribution in [0.2, 0.25) is 0 Å². The van der Waals surface area contributed by atoms with Gasteiger partial charge in [0.2, 0.25) is 5.60 Å². The fourth-order valence-electron chi connectivity index (χ4n) is 3.27. The number of hydrogen-bond donors (Lipinski definition) is 1. The molecule has 1 aliphatic heterocycles. The van der Waals surface area contributed by atoms with Gasteiger partial charge in [0.15, 0.2) is 0 Å². The number of anilines is 1. The van der Waals surface area contributed by atoms with Gasteiger partial charge < -0.3 is 19.8 Å². The lowest BCUT2D eigenvalue weighted by molar-refractivity contribution is -0.166. The normalized spacial score (nSPS) is 18.4. The highest BCUT2D eigenvalue weighted by atomic mass is 16.7. The molecule has 0 saturated heterocycles. The van der Waals surface area contributed by atoms with Crippen LogP contribution in [0.25, 0.3) is 11.3 Å². The molecule has 2 heterocycles. The third kappa shape index (κ3) is 3.22. The van der Waals surface area contributed by atoms with Crippen molar-refractivity contribution in [3.05, 3.63) is 72.0 Å². The zero-order chi connectivity index (χ0) is 19.6. The number of hydrogen-bond acceptors (Lipinski definition) is 7. The molecule has 0 fully saturated rings. The largest absolute Gasteiger partial charge is 0.466 e. The number of esters is 1. The molecule has 0 bridgehead atoms. The van der Waals surface area contributed by atoms with Crippen molar-refractivity contribution in [1.29, 1.82) is 0 Å². The molecule has 0 saturated carbocycles. The number of methoxy groups -OCH3 is 1. The van der Waals surface area contributed by atoms with E-state index in [9.17, 15) is 4.79 Å². The zero-order valence-corrected chi connectivity index (χ0v) is 15.3. The Labute approximate surface area is 161 Å². The minimum absolute atomic E-state index is 0.138. The summed E-state index contributed by atoms with van der Waals surface area (Å²) in [7, 11) is 1.32. The molecule has 1 atom stereocenters. The van der Waals surface area contributed by atoms with Crippen LogP contribution in [0.15, 0.2) is 70.3 Å². The Kier molecular flexibility index (Phi) is 4.57. The van der Waals surface area contributed by atoms with Gasteiger partial charge in [-0.2, -0.15) is 0 Å². The second kappa shape index (κ2) is 7.19. The molecular formula is C21H19N3O4. The summed E-state index contributed by atoms with van der Waals surface area (Å²) >= 11 is 0. The molecule has 1 aromatic heterocycles. The number of aromatic nitrogens is 1. The van der Waals surface area contributed by atoms with E-state index in [0.717, 1.165) is 11.1 Å². The molecule has 4 rings (SSSR count). The first-order valence-electron chi connectivity index (χ1n) is 8.81. The van der Waals surface area contributed by atoms with Gasteiger partial charge in [0.05, 0.1) is 19.2 Å². The lowest BCUT2D eigenvalue weighted by Gasteiger charge is -2.22. The molecule has 1 unspecified atom stereocenters. The maximum atomic E-state index is 12.6. The van der Waals surface area contributed by atoms with E-state index in [2.05, 4.69) is 10.3 Å². The van der Waals surface area contributed by atoms with Crippen molar-refractivity contribution in [2.45, 2.75) is 18.4 Å². The van der Waals surface area contributed by atoms with E-state index >= 15 is 0 Å². The van der Waals surface area contributed by atoms with Crippen LogP contribution >= 0.6 is 0 Å². The van der Waals surface area contributed by atoms with Crippen molar-refractivity contribution in [1.82, 2.24) is 5.16 Å². The van der Waals surface area contributed by atoms with Crippen LogP contribution < -0.4 is 5.73 Å². The molecule has 0 amide bonds. The molecular weight excluding hydrogens is 358 g/mol. The Morgan fingerprint density at radius 3 is 2.68 bits per heavy atom. The monoisotopic (exact) mass is 377 g/mol. The van der Waals surface area contributed by atoms with Gasteiger partial charge in [-0.15, -0.1) is 0 Å². The van der Waals surface area contributed by atoms with Gasteiger partial charge in [0, 0.05) is 29.3 Å². The number of benzene rings is 2. The molecule has 0 radical (unpaired) electrons. The van der Waals surface area contributed by atoms with Crippen LogP contribution in [0.1, 0.15) is 17.7 Å². The molecule has 3 aromatic rings. The first-order chi connectivity index (χ1) is 13.6. The van der Waals surface area contributed by atoms with E-state index in [1.54, 1.807) is 12.1 Å². The fourth-order valence-corrected chi connectivity index (χ4v) is 3.27. The molecule has 1 aliphatic rings. The number of carbonyl (C=O) groups is 1. The van der Waals surface area contributed by atoms with E-state index in [-0.39, 0.29) is 12.8 Å². The lowest BCUT2D eigenvalue weighted by Crippen LogP contribution is -2.42. The standard InChI is InChI=1S/C21H19N3O4/c1-26-20(25)21(13-19(24-28-21)16-9-5-6-10-17(16)22)12-15-11-18(23-27-15)14-7-3-2-4-8-14/h2-11H,12-13,22H2,1H3. The summed E-state index contributed by atoms with van der Waals surface area (Å²) in [6, 6.07) is 18.7. The number of nitrogens with two attached hydrogens (primary N) is 1. The number of nitrogens with zero attached hydrogens (tertiary/aromatic N) is 2. The smallest absolute Gasteiger partial charge is 0.354 e. The zero-order valence-electron chi connectivity index (χ0n) is 15.3. The second-order valence-electron chi connectivity index (χ2n) is 6.60. The van der Waals surface area contributed by atoms with Gasteiger partial charge in [-0.25, -0.2) is 4.79 Å². The number of oxime groups is 1. The summed E-state index contributed by atoms with van der Waals surface area (Å²) in [5, 5.41) is 8.22. The predicted molar refractivity (Wildman–Crippen MR) is 103 cm³/mol. The van der Waals surface area contributed by atoms with Gasteiger partial charge in [0.1, 0.15) is 11.5 Å². The van der Waals surface area contributed by atoms with Crippen LogP contribution in [0.4, 0.5) is 5.69 Å². The maximum Gasteiger partial charge on any atom is 0.354 e. The highest BCUT2D eigenvalue weighted by Gasteiger charge is 2.49. The van der Waals surface area contributed by atoms with E-state index in [1.165, 1.54) is 7.11 Å². The number of rotatable bonds is 5. The number of nitrogen functional groups attached to an aromatic ring is 1. The molecule has 2 N–H and O–H groups in total. The van der Waals surface area contributed by atoms with Gasteiger partial charge in [-0.1, -0.05) is 58.8 Å². The summed E-state index contributed by atoms with van der Waals surface area (Å²) in [5.74, 6) is -0.0276. The van der Waals surface area contributed by atoms with Crippen molar-refractivity contribution in [3.8, 4) is 11.3 Å². The Bertz CT molecular complexity index is 1030. The number of ether oxygens (including phenoxy) is 1. The fraction of sp³-hybridized carbons (Fsp3) is 0.190. The Hall–Kier alpha value is -3.61. The van der Waals surface area contributed by atoms with Crippen molar-refractivity contribution < 1.29 is 18.9 Å². The SMILES string of the molecule is COC(=O)C1(Cc2cc(-c3ccccc3)no2)CC(c2ccccc2N)=NO1. The molecule has 0 spiro atoms. The molecule has 142 valence electrons. The highest BCUT2D eigenvalue weighted by molar-refractivity contribution is 6.08. The van der Waals surface area contributed by atoms with E-state index < -0.39 is 11.6 Å². The summed E-state index contributed by atoms with van der Waals surface area (Å²) in [4.78, 5) is 18.2. The second-order valence-corrected chi connectivity index (χ2v) is 6.60. The molecule has 2 aromatic carbocycles. The Morgan fingerprint density at radius 1 is 1.18 bits per heavy atom. The first kappa shape index (κ1) is 17.8. The van der Waals surface area contributed by atoms with Crippen molar-refractivity contribution in [2.24, 2.45) is 5.16 Å². The minimum Gasteiger partial charge on any atom is -0.466 e. The van der Waals surface area contributed by atoms with E-state index in [0.29, 0.717) is 22.9 Å². The number of carbonyl (C=O) groups excluding carboxylic acids is 1. The van der Waals surface area contributed by atoms with Crippen LogP contribution in [-0.4, -0.2) is 29.5 Å². The van der Waals surface area contributed by atoms with Gasteiger partial charge in [0.25, 0.3) is 0 Å². The van der Waals surface area contributed by atoms with Crippen LogP contribution in [0.3, 0.4) is 0 Å². The topological polar surface area (TPSA) is 99.9 Å². The summed E-state index contributed by atoms with van der Waals surface area (Å²) < 4.78 is 10.4. The van der Waals surface area contributed by atoms with Gasteiger partial charge >= 0.3 is 5.97 Å². The average Bonchev–Trinajstić information content (AvgIpc) is 3.37.